The van der Waals surface area contributed by atoms with Crippen LogP contribution in [0.1, 0.15) is 11.6 Å². The standard InChI is InChI=1S/C15H13BrClN5O2S/c16-12-6-14(15(17)19-7-12)25(23,24)21-13(8-22-10-18-9-20-22)11-4-2-1-3-5-11/h1-7,9-10,13,21H,8H2. The summed E-state index contributed by atoms with van der Waals surface area (Å²) in [5, 5.41) is 3.95. The van der Waals surface area contributed by atoms with Crippen molar-refractivity contribution in [3.63, 3.8) is 0 Å². The van der Waals surface area contributed by atoms with E-state index in [0.29, 0.717) is 4.47 Å². The van der Waals surface area contributed by atoms with Gasteiger partial charge in [-0.05, 0) is 27.6 Å². The third-order valence-electron chi connectivity index (χ3n) is 3.40. The van der Waals surface area contributed by atoms with E-state index < -0.39 is 16.1 Å². The maximum Gasteiger partial charge on any atom is 0.244 e. The zero-order valence-corrected chi connectivity index (χ0v) is 15.9. The maximum atomic E-state index is 12.8. The number of benzene rings is 1. The molecule has 10 heteroatoms. The quantitative estimate of drug-likeness (QED) is 0.593. The van der Waals surface area contributed by atoms with Crippen molar-refractivity contribution < 1.29 is 8.42 Å². The average Bonchev–Trinajstić information content (AvgIpc) is 3.10. The summed E-state index contributed by atoms with van der Waals surface area (Å²) in [6.45, 7) is 0.280. The predicted molar refractivity (Wildman–Crippen MR) is 96.5 cm³/mol. The van der Waals surface area contributed by atoms with Crippen LogP contribution in [-0.2, 0) is 16.6 Å². The van der Waals surface area contributed by atoms with E-state index in [4.69, 9.17) is 11.6 Å². The van der Waals surface area contributed by atoms with Gasteiger partial charge in [-0.15, -0.1) is 0 Å². The minimum absolute atomic E-state index is 0.0942. The molecule has 7 nitrogen and oxygen atoms in total. The molecular weight excluding hydrogens is 430 g/mol. The fourth-order valence-corrected chi connectivity index (χ4v) is 4.41. The lowest BCUT2D eigenvalue weighted by Crippen LogP contribution is -2.32. The second kappa shape index (κ2) is 7.61. The molecule has 3 rings (SSSR count). The normalized spacial score (nSPS) is 12.9. The smallest absolute Gasteiger partial charge is 0.244 e. The Morgan fingerprint density at radius 1 is 1.28 bits per heavy atom. The van der Waals surface area contributed by atoms with Crippen molar-refractivity contribution in [3.8, 4) is 0 Å². The van der Waals surface area contributed by atoms with Gasteiger partial charge in [-0.2, -0.15) is 5.10 Å². The van der Waals surface area contributed by atoms with Gasteiger partial charge in [0.2, 0.25) is 10.0 Å². The van der Waals surface area contributed by atoms with Crippen molar-refractivity contribution in [2.45, 2.75) is 17.5 Å². The highest BCUT2D eigenvalue weighted by Gasteiger charge is 2.25. The van der Waals surface area contributed by atoms with Gasteiger partial charge in [0.1, 0.15) is 22.7 Å². The Balaban J connectivity index is 1.95. The molecule has 2 aromatic heterocycles. The van der Waals surface area contributed by atoms with Crippen LogP contribution in [0.3, 0.4) is 0 Å². The minimum Gasteiger partial charge on any atom is -0.251 e. The average molecular weight is 443 g/mol. The number of nitrogens with zero attached hydrogens (tertiary/aromatic N) is 4. The topological polar surface area (TPSA) is 89.8 Å². The number of rotatable bonds is 6. The van der Waals surface area contributed by atoms with E-state index in [-0.39, 0.29) is 16.6 Å². The minimum atomic E-state index is -3.90. The van der Waals surface area contributed by atoms with Gasteiger partial charge >= 0.3 is 0 Å². The number of nitrogens with one attached hydrogen (secondary N) is 1. The monoisotopic (exact) mass is 441 g/mol. The molecule has 3 aromatic rings. The van der Waals surface area contributed by atoms with Gasteiger partial charge in [-0.1, -0.05) is 41.9 Å². The van der Waals surface area contributed by atoms with Crippen LogP contribution in [0.4, 0.5) is 0 Å². The zero-order chi connectivity index (χ0) is 17.9. The van der Waals surface area contributed by atoms with Gasteiger partial charge in [-0.3, -0.25) is 4.68 Å². The third-order valence-corrected chi connectivity index (χ3v) is 5.73. The lowest BCUT2D eigenvalue weighted by molar-refractivity contribution is 0.482. The highest BCUT2D eigenvalue weighted by atomic mass is 79.9. The first-order valence-corrected chi connectivity index (χ1v) is 9.82. The molecule has 2 heterocycles. The maximum absolute atomic E-state index is 12.8. The molecule has 1 N–H and O–H groups in total. The second-order valence-electron chi connectivity index (χ2n) is 5.14. The summed E-state index contributed by atoms with van der Waals surface area (Å²) in [4.78, 5) is 7.66. The molecule has 1 unspecified atom stereocenters. The Kier molecular flexibility index (Phi) is 5.48. The fraction of sp³-hybridized carbons (Fsp3) is 0.133. The number of sulfonamides is 1. The number of pyridine rings is 1. The lowest BCUT2D eigenvalue weighted by Gasteiger charge is -2.19. The van der Waals surface area contributed by atoms with Crippen molar-refractivity contribution in [2.24, 2.45) is 0 Å². The van der Waals surface area contributed by atoms with E-state index in [9.17, 15) is 8.42 Å². The highest BCUT2D eigenvalue weighted by Crippen LogP contribution is 2.25. The molecule has 0 spiro atoms. The molecule has 1 atom stereocenters. The number of hydrogen-bond donors (Lipinski definition) is 1. The van der Waals surface area contributed by atoms with Crippen LogP contribution < -0.4 is 4.72 Å². The molecule has 0 aliphatic heterocycles. The van der Waals surface area contributed by atoms with Crippen molar-refractivity contribution in [1.29, 1.82) is 0 Å². The molecular formula is C15H13BrClN5O2S. The van der Waals surface area contributed by atoms with Gasteiger partial charge in [0.15, 0.2) is 0 Å². The van der Waals surface area contributed by atoms with E-state index in [0.717, 1.165) is 5.56 Å². The molecule has 0 aliphatic carbocycles. The first-order valence-electron chi connectivity index (χ1n) is 7.16. The molecule has 25 heavy (non-hydrogen) atoms. The summed E-state index contributed by atoms with van der Waals surface area (Å²) < 4.78 is 30.4. The summed E-state index contributed by atoms with van der Waals surface area (Å²) >= 11 is 9.19. The van der Waals surface area contributed by atoms with E-state index in [1.807, 2.05) is 30.3 Å². The zero-order valence-electron chi connectivity index (χ0n) is 12.8. The Hall–Kier alpha value is -1.81. The Labute approximate surface area is 158 Å². The van der Waals surface area contributed by atoms with E-state index >= 15 is 0 Å². The van der Waals surface area contributed by atoms with Crippen LogP contribution in [-0.4, -0.2) is 28.2 Å². The Bertz CT molecular complexity index is 951. The molecule has 0 saturated carbocycles. The number of aromatic nitrogens is 4. The van der Waals surface area contributed by atoms with E-state index in [1.165, 1.54) is 24.9 Å². The van der Waals surface area contributed by atoms with Crippen LogP contribution in [0.25, 0.3) is 0 Å². The first kappa shape index (κ1) is 18.0. The van der Waals surface area contributed by atoms with Crippen LogP contribution in [0.5, 0.6) is 0 Å². The van der Waals surface area contributed by atoms with Crippen molar-refractivity contribution in [3.05, 3.63) is 70.4 Å². The van der Waals surface area contributed by atoms with Crippen molar-refractivity contribution >= 4 is 37.6 Å². The number of hydrogen-bond acceptors (Lipinski definition) is 5. The molecule has 0 aliphatic rings. The van der Waals surface area contributed by atoms with E-state index in [2.05, 4.69) is 35.7 Å². The first-order chi connectivity index (χ1) is 12.0. The highest BCUT2D eigenvalue weighted by molar-refractivity contribution is 9.10. The third kappa shape index (κ3) is 4.43. The molecule has 0 fully saturated rings. The summed E-state index contributed by atoms with van der Waals surface area (Å²) in [6, 6.07) is 10.1. The van der Waals surface area contributed by atoms with Crippen LogP contribution in [0.15, 0.2) is 64.6 Å². The van der Waals surface area contributed by atoms with Gasteiger partial charge in [0.25, 0.3) is 0 Å². The van der Waals surface area contributed by atoms with Crippen molar-refractivity contribution in [1.82, 2.24) is 24.5 Å². The van der Waals surface area contributed by atoms with Gasteiger partial charge in [0, 0.05) is 10.7 Å². The SMILES string of the molecule is O=S(=O)(NC(Cn1cncn1)c1ccccc1)c1cc(Br)cnc1Cl. The van der Waals surface area contributed by atoms with Gasteiger partial charge < -0.3 is 0 Å². The molecule has 0 bridgehead atoms. The number of halogens is 2. The summed E-state index contributed by atoms with van der Waals surface area (Å²) in [6.07, 6.45) is 4.36. The Morgan fingerprint density at radius 3 is 2.72 bits per heavy atom. The second-order valence-corrected chi connectivity index (χ2v) is 8.10. The summed E-state index contributed by atoms with van der Waals surface area (Å²) in [5.74, 6) is 0. The van der Waals surface area contributed by atoms with Crippen LogP contribution in [0.2, 0.25) is 5.15 Å². The lowest BCUT2D eigenvalue weighted by atomic mass is 10.1. The van der Waals surface area contributed by atoms with E-state index in [1.54, 1.807) is 4.68 Å². The molecule has 130 valence electrons. The largest absolute Gasteiger partial charge is 0.251 e. The molecule has 0 radical (unpaired) electrons. The molecule has 1 aromatic carbocycles. The van der Waals surface area contributed by atoms with Gasteiger partial charge in [0.05, 0.1) is 12.6 Å². The van der Waals surface area contributed by atoms with Gasteiger partial charge in [-0.25, -0.2) is 23.1 Å². The predicted octanol–water partition coefficient (Wildman–Crippen LogP) is 2.81. The van der Waals surface area contributed by atoms with Crippen LogP contribution >= 0.6 is 27.5 Å². The van der Waals surface area contributed by atoms with Crippen molar-refractivity contribution in [2.75, 3.05) is 0 Å². The molecule has 0 saturated heterocycles. The Morgan fingerprint density at radius 2 is 2.04 bits per heavy atom. The fourth-order valence-electron chi connectivity index (χ4n) is 2.25. The molecule has 0 amide bonds. The summed E-state index contributed by atoms with van der Waals surface area (Å²) in [5.41, 5.74) is 0.792. The van der Waals surface area contributed by atoms with Crippen LogP contribution in [0, 0.1) is 0 Å². The summed E-state index contributed by atoms with van der Waals surface area (Å²) in [7, 11) is -3.90.